The number of hydrogen-bond donors (Lipinski definition) is 2. The Balaban J connectivity index is 3.76. The van der Waals surface area contributed by atoms with E-state index in [1.54, 1.807) is 0 Å². The topological polar surface area (TPSA) is 134 Å². The van der Waals surface area contributed by atoms with E-state index < -0.39 is 32.5 Å². The number of phosphoric acid groups is 1. The average Bonchev–Trinajstić information content (AvgIpc) is 3.40. The molecule has 2 unspecified atom stereocenters. The standard InChI is InChI=1S/C65H114NO8P/c1-3-5-7-9-11-13-15-17-18-19-20-21-22-23-24-25-26-27-28-29-30-31-32-33-34-35-36-37-38-39-40-41-42-43-44-46-48-50-52-54-56-58-65(68)74-63(62-73-75(69,70)72-60-59-66)61-71-64(67)57-55-53-51-49-47-45-16-14-12-10-8-6-4-2/h5-8,11-14,17-18,20-21,23-24,45,47,63H,3-4,9-10,15-16,19,22,25-44,46,48-62,66H2,1-2H3,(H,69,70)/b7-5-,8-6-,13-11-,14-12-,18-17-,21-20-,24-23-,47-45-. The second kappa shape index (κ2) is 60.2. The first-order chi connectivity index (χ1) is 36.8. The fourth-order valence-corrected chi connectivity index (χ4v) is 9.27. The van der Waals surface area contributed by atoms with Gasteiger partial charge in [-0.15, -0.1) is 0 Å². The second-order valence-electron chi connectivity index (χ2n) is 20.2. The van der Waals surface area contributed by atoms with Crippen molar-refractivity contribution in [3.8, 4) is 0 Å². The van der Waals surface area contributed by atoms with Crippen molar-refractivity contribution in [2.24, 2.45) is 5.73 Å². The lowest BCUT2D eigenvalue weighted by molar-refractivity contribution is -0.161. The summed E-state index contributed by atoms with van der Waals surface area (Å²) < 4.78 is 32.9. The maximum Gasteiger partial charge on any atom is 0.472 e. The fourth-order valence-electron chi connectivity index (χ4n) is 8.50. The molecule has 0 rings (SSSR count). The number of nitrogens with two attached hydrogens (primary N) is 1. The van der Waals surface area contributed by atoms with E-state index >= 15 is 0 Å². The van der Waals surface area contributed by atoms with E-state index in [2.05, 4.69) is 111 Å². The van der Waals surface area contributed by atoms with Crippen molar-refractivity contribution in [2.45, 2.75) is 277 Å². The zero-order valence-corrected chi connectivity index (χ0v) is 49.2. The fraction of sp³-hybridized carbons (Fsp3) is 0.723. The first-order valence-electron chi connectivity index (χ1n) is 30.7. The summed E-state index contributed by atoms with van der Waals surface area (Å²) >= 11 is 0. The quantitative estimate of drug-likeness (QED) is 0.0264. The predicted molar refractivity (Wildman–Crippen MR) is 321 cm³/mol. The second-order valence-corrected chi connectivity index (χ2v) is 21.6. The minimum Gasteiger partial charge on any atom is -0.462 e. The normalized spacial score (nSPS) is 13.7. The van der Waals surface area contributed by atoms with Crippen LogP contribution in [0.25, 0.3) is 0 Å². The summed E-state index contributed by atoms with van der Waals surface area (Å²) in [6.07, 6.45) is 80.9. The summed E-state index contributed by atoms with van der Waals surface area (Å²) in [5.41, 5.74) is 5.37. The molecule has 0 amide bonds. The third-order valence-electron chi connectivity index (χ3n) is 13.0. The predicted octanol–water partition coefficient (Wildman–Crippen LogP) is 19.6. The van der Waals surface area contributed by atoms with Crippen LogP contribution < -0.4 is 5.73 Å². The van der Waals surface area contributed by atoms with Gasteiger partial charge >= 0.3 is 19.8 Å². The largest absolute Gasteiger partial charge is 0.472 e. The van der Waals surface area contributed by atoms with Crippen molar-refractivity contribution < 1.29 is 37.6 Å². The third-order valence-corrected chi connectivity index (χ3v) is 13.9. The number of ether oxygens (including phenoxy) is 2. The maximum atomic E-state index is 12.7. The van der Waals surface area contributed by atoms with Crippen molar-refractivity contribution in [1.29, 1.82) is 0 Å². The van der Waals surface area contributed by atoms with E-state index in [1.165, 1.54) is 141 Å². The number of allylic oxidation sites excluding steroid dienone is 16. The minimum absolute atomic E-state index is 0.0475. The van der Waals surface area contributed by atoms with Crippen LogP contribution in [0, 0.1) is 0 Å². The Hall–Kier alpha value is -3.07. The van der Waals surface area contributed by atoms with Crippen LogP contribution in [-0.4, -0.2) is 49.3 Å². The van der Waals surface area contributed by atoms with Crippen LogP contribution in [0.15, 0.2) is 97.2 Å². The molecule has 0 aromatic heterocycles. The minimum atomic E-state index is -4.39. The van der Waals surface area contributed by atoms with E-state index in [0.717, 1.165) is 89.9 Å². The molecule has 0 aliphatic heterocycles. The van der Waals surface area contributed by atoms with Crippen LogP contribution in [-0.2, 0) is 32.7 Å². The van der Waals surface area contributed by atoms with Crippen LogP contribution in [0.1, 0.15) is 271 Å². The molecule has 2 atom stereocenters. The van der Waals surface area contributed by atoms with Gasteiger partial charge in [0.1, 0.15) is 6.61 Å². The third kappa shape index (κ3) is 60.0. The molecule has 3 N–H and O–H groups in total. The average molecular weight is 1070 g/mol. The van der Waals surface area contributed by atoms with Gasteiger partial charge in [0, 0.05) is 19.4 Å². The summed E-state index contributed by atoms with van der Waals surface area (Å²) in [6.45, 7) is 3.49. The van der Waals surface area contributed by atoms with Gasteiger partial charge in [0.25, 0.3) is 0 Å². The van der Waals surface area contributed by atoms with Gasteiger partial charge in [0.2, 0.25) is 0 Å². The van der Waals surface area contributed by atoms with Gasteiger partial charge in [0.05, 0.1) is 13.2 Å². The van der Waals surface area contributed by atoms with E-state index in [4.69, 9.17) is 24.3 Å². The van der Waals surface area contributed by atoms with Gasteiger partial charge < -0.3 is 20.1 Å². The summed E-state index contributed by atoms with van der Waals surface area (Å²) in [4.78, 5) is 35.1. The SMILES string of the molecule is CC/C=C\C/C=C\C/C=C\C/C=C\C/C=C\CCCCCCCCCCCCCCCCCCCCCCCCCCCC(=O)OC(COC(=O)CCCCC/C=C\C/C=C\C/C=C\CC)COP(=O)(O)OCCN. The molecule has 0 aliphatic carbocycles. The van der Waals surface area contributed by atoms with Gasteiger partial charge in [-0.2, -0.15) is 0 Å². The molecule has 0 fully saturated rings. The number of hydrogen-bond acceptors (Lipinski definition) is 8. The number of carbonyl (C=O) groups is 2. The van der Waals surface area contributed by atoms with Crippen LogP contribution >= 0.6 is 7.82 Å². The molecule has 0 aromatic rings. The molecule has 0 heterocycles. The molecule has 0 saturated carbocycles. The highest BCUT2D eigenvalue weighted by Crippen LogP contribution is 2.43. The lowest BCUT2D eigenvalue weighted by atomic mass is 10.0. The summed E-state index contributed by atoms with van der Waals surface area (Å²) in [6, 6.07) is 0. The lowest BCUT2D eigenvalue weighted by Crippen LogP contribution is -2.29. The van der Waals surface area contributed by atoms with Gasteiger partial charge in [-0.05, 0) is 89.9 Å². The smallest absolute Gasteiger partial charge is 0.462 e. The number of esters is 2. The number of unbranched alkanes of at least 4 members (excludes halogenated alkanes) is 28. The summed E-state index contributed by atoms with van der Waals surface area (Å²) in [7, 11) is -4.39. The van der Waals surface area contributed by atoms with Crippen LogP contribution in [0.3, 0.4) is 0 Å². The highest BCUT2D eigenvalue weighted by molar-refractivity contribution is 7.47. The van der Waals surface area contributed by atoms with Crippen molar-refractivity contribution >= 4 is 19.8 Å². The van der Waals surface area contributed by atoms with Gasteiger partial charge in [-0.3, -0.25) is 18.6 Å². The zero-order chi connectivity index (χ0) is 54.5. The number of phosphoric ester groups is 1. The van der Waals surface area contributed by atoms with E-state index in [0.29, 0.717) is 12.8 Å². The molecule has 0 aliphatic rings. The Morgan fingerprint density at radius 2 is 0.693 bits per heavy atom. The van der Waals surface area contributed by atoms with Crippen molar-refractivity contribution in [1.82, 2.24) is 0 Å². The lowest BCUT2D eigenvalue weighted by Gasteiger charge is -2.19. The Morgan fingerprint density at radius 1 is 0.400 bits per heavy atom. The summed E-state index contributed by atoms with van der Waals surface area (Å²) in [5, 5.41) is 0. The molecular formula is C65H114NO8P. The van der Waals surface area contributed by atoms with Crippen LogP contribution in [0.2, 0.25) is 0 Å². The molecule has 0 bridgehead atoms. The molecule has 0 spiro atoms. The van der Waals surface area contributed by atoms with Gasteiger partial charge in [0.15, 0.2) is 6.10 Å². The molecule has 0 radical (unpaired) electrons. The van der Waals surface area contributed by atoms with E-state index in [1.807, 2.05) is 0 Å². The molecule has 9 nitrogen and oxygen atoms in total. The molecule has 0 aromatic carbocycles. The van der Waals surface area contributed by atoms with Crippen molar-refractivity contribution in [3.05, 3.63) is 97.2 Å². The highest BCUT2D eigenvalue weighted by atomic mass is 31.2. The van der Waals surface area contributed by atoms with Crippen LogP contribution in [0.4, 0.5) is 0 Å². The Bertz CT molecular complexity index is 1550. The Labute approximate surface area is 461 Å². The van der Waals surface area contributed by atoms with Crippen LogP contribution in [0.5, 0.6) is 0 Å². The maximum absolute atomic E-state index is 12.7. The molecular weight excluding hydrogens is 954 g/mol. The number of carbonyl (C=O) groups excluding carboxylic acids is 2. The molecule has 10 heteroatoms. The first kappa shape index (κ1) is 71.9. The van der Waals surface area contributed by atoms with E-state index in [9.17, 15) is 19.0 Å². The van der Waals surface area contributed by atoms with Gasteiger partial charge in [-0.25, -0.2) is 4.57 Å². The molecule has 75 heavy (non-hydrogen) atoms. The zero-order valence-electron chi connectivity index (χ0n) is 48.3. The Morgan fingerprint density at radius 3 is 1.04 bits per heavy atom. The Kier molecular flexibility index (Phi) is 57.7. The van der Waals surface area contributed by atoms with E-state index in [-0.39, 0.29) is 32.6 Å². The number of rotatable bonds is 57. The van der Waals surface area contributed by atoms with Gasteiger partial charge in [-0.1, -0.05) is 265 Å². The summed E-state index contributed by atoms with van der Waals surface area (Å²) in [5.74, 6) is -0.858. The van der Waals surface area contributed by atoms with Crippen molar-refractivity contribution in [2.75, 3.05) is 26.4 Å². The van der Waals surface area contributed by atoms with Crippen molar-refractivity contribution in [3.63, 3.8) is 0 Å². The monoisotopic (exact) mass is 1070 g/mol. The molecule has 0 saturated heterocycles. The first-order valence-corrected chi connectivity index (χ1v) is 32.2. The highest BCUT2D eigenvalue weighted by Gasteiger charge is 2.26. The molecule has 432 valence electrons.